The van der Waals surface area contributed by atoms with E-state index in [2.05, 4.69) is 5.32 Å². The molecule has 4 rings (SSSR count). The average molecular weight is 478 g/mol. The van der Waals surface area contributed by atoms with E-state index in [4.69, 9.17) is 16.0 Å². The van der Waals surface area contributed by atoms with Crippen LogP contribution in [0, 0.1) is 13.8 Å². The molecule has 1 aliphatic rings. The number of aryl methyl sites for hydroxylation is 3. The van der Waals surface area contributed by atoms with Crippen molar-refractivity contribution in [2.24, 2.45) is 0 Å². The zero-order valence-electron chi connectivity index (χ0n) is 17.9. The molecule has 0 bridgehead atoms. The van der Waals surface area contributed by atoms with Crippen molar-refractivity contribution in [3.63, 3.8) is 0 Å². The van der Waals surface area contributed by atoms with Crippen molar-refractivity contribution in [2.45, 2.75) is 44.6 Å². The number of halogens is 1. The zero-order valence-corrected chi connectivity index (χ0v) is 19.4. The highest BCUT2D eigenvalue weighted by molar-refractivity contribution is 7.89. The number of carbonyl (C=O) groups excluding carboxylic acids is 1. The van der Waals surface area contributed by atoms with Crippen LogP contribution in [-0.4, -0.2) is 36.3 Å². The maximum atomic E-state index is 12.8. The molecule has 0 radical (unpaired) electrons. The Labute approximate surface area is 190 Å². The predicted molar refractivity (Wildman–Crippen MR) is 123 cm³/mol. The van der Waals surface area contributed by atoms with E-state index in [1.807, 2.05) is 19.9 Å². The molecule has 10 heteroatoms. The quantitative estimate of drug-likeness (QED) is 0.583. The predicted octanol–water partition coefficient (Wildman–Crippen LogP) is 3.68. The number of hydrogen-bond acceptors (Lipinski definition) is 5. The van der Waals surface area contributed by atoms with Crippen LogP contribution in [0.25, 0.3) is 11.1 Å². The second-order valence-corrected chi connectivity index (χ2v) is 10.3. The molecule has 1 aromatic heterocycles. The number of carbonyl (C=O) groups is 1. The summed E-state index contributed by atoms with van der Waals surface area (Å²) in [6, 6.07) is 8.07. The number of aromatic nitrogens is 1. The molecule has 1 amide bonds. The number of nitrogens with zero attached hydrogens (tertiary/aromatic N) is 2. The summed E-state index contributed by atoms with van der Waals surface area (Å²) >= 11 is 6.24. The first-order valence-corrected chi connectivity index (χ1v) is 12.2. The van der Waals surface area contributed by atoms with Gasteiger partial charge in [-0.2, -0.15) is 4.31 Å². The van der Waals surface area contributed by atoms with Crippen LogP contribution < -0.4 is 11.1 Å². The third-order valence-corrected chi connectivity index (χ3v) is 7.79. The van der Waals surface area contributed by atoms with Crippen LogP contribution in [0.2, 0.25) is 5.02 Å². The van der Waals surface area contributed by atoms with Gasteiger partial charge in [0.05, 0.1) is 21.1 Å². The Morgan fingerprint density at radius 2 is 1.88 bits per heavy atom. The van der Waals surface area contributed by atoms with Gasteiger partial charge in [0, 0.05) is 32.1 Å². The smallest absolute Gasteiger partial charge is 0.408 e. The number of amides is 1. The third kappa shape index (κ3) is 4.32. The van der Waals surface area contributed by atoms with Gasteiger partial charge in [0.1, 0.15) is 0 Å². The van der Waals surface area contributed by atoms with Crippen LogP contribution in [0.5, 0.6) is 0 Å². The molecule has 0 saturated carbocycles. The van der Waals surface area contributed by atoms with Gasteiger partial charge in [0.25, 0.3) is 0 Å². The first-order valence-electron chi connectivity index (χ1n) is 10.4. The van der Waals surface area contributed by atoms with E-state index < -0.39 is 15.8 Å². The maximum Gasteiger partial charge on any atom is 0.419 e. The maximum absolute atomic E-state index is 12.8. The summed E-state index contributed by atoms with van der Waals surface area (Å²) in [6.07, 6.45) is 1.69. The summed E-state index contributed by atoms with van der Waals surface area (Å²) in [6.45, 7) is 4.84. The molecule has 1 N–H and O–H groups in total. The molecule has 1 fully saturated rings. The lowest BCUT2D eigenvalue weighted by molar-refractivity contribution is -0.116. The van der Waals surface area contributed by atoms with Crippen LogP contribution in [0.3, 0.4) is 0 Å². The van der Waals surface area contributed by atoms with Gasteiger partial charge < -0.3 is 9.73 Å². The number of benzene rings is 2. The first-order chi connectivity index (χ1) is 15.2. The van der Waals surface area contributed by atoms with Gasteiger partial charge in [-0.05, 0) is 56.0 Å². The summed E-state index contributed by atoms with van der Waals surface area (Å²) in [4.78, 5) is 24.9. The van der Waals surface area contributed by atoms with Gasteiger partial charge in [-0.15, -0.1) is 0 Å². The summed E-state index contributed by atoms with van der Waals surface area (Å²) in [7, 11) is -3.62. The highest BCUT2D eigenvalue weighted by atomic mass is 35.5. The SMILES string of the molecule is Cc1cc(C)c(NC(=O)CCn2c(=O)oc3cc(S(=O)(=O)N4CCCC4)ccc32)c(Cl)c1. The molecule has 1 saturated heterocycles. The van der Waals surface area contributed by atoms with Crippen LogP contribution in [0.15, 0.2) is 44.4 Å². The minimum Gasteiger partial charge on any atom is -0.408 e. The van der Waals surface area contributed by atoms with Crippen molar-refractivity contribution in [1.82, 2.24) is 8.87 Å². The molecule has 32 heavy (non-hydrogen) atoms. The van der Waals surface area contributed by atoms with E-state index in [9.17, 15) is 18.0 Å². The number of rotatable bonds is 6. The molecular formula is C22H24ClN3O5S. The van der Waals surface area contributed by atoms with Gasteiger partial charge in [-0.3, -0.25) is 9.36 Å². The summed E-state index contributed by atoms with van der Waals surface area (Å²) in [5.41, 5.74) is 3.00. The summed E-state index contributed by atoms with van der Waals surface area (Å²) in [5, 5.41) is 3.25. The Morgan fingerprint density at radius 1 is 1.16 bits per heavy atom. The van der Waals surface area contributed by atoms with E-state index in [-0.39, 0.29) is 29.4 Å². The molecule has 2 aromatic carbocycles. The summed E-state index contributed by atoms with van der Waals surface area (Å²) in [5.74, 6) is -0.943. The lowest BCUT2D eigenvalue weighted by Crippen LogP contribution is -2.27. The molecule has 1 aliphatic heterocycles. The van der Waals surface area contributed by atoms with Gasteiger partial charge in [0.15, 0.2) is 5.58 Å². The van der Waals surface area contributed by atoms with Crippen molar-refractivity contribution >= 4 is 44.3 Å². The lowest BCUT2D eigenvalue weighted by Gasteiger charge is -2.15. The van der Waals surface area contributed by atoms with Crippen molar-refractivity contribution in [3.05, 3.63) is 57.0 Å². The second-order valence-electron chi connectivity index (χ2n) is 8.00. The fourth-order valence-corrected chi connectivity index (χ4v) is 5.89. The molecule has 0 aliphatic carbocycles. The van der Waals surface area contributed by atoms with Gasteiger partial charge in [-0.1, -0.05) is 17.7 Å². The molecule has 170 valence electrons. The van der Waals surface area contributed by atoms with E-state index in [0.29, 0.717) is 29.3 Å². The van der Waals surface area contributed by atoms with E-state index in [0.717, 1.165) is 24.0 Å². The Kier molecular flexibility index (Phi) is 6.15. The zero-order chi connectivity index (χ0) is 23.0. The minimum absolute atomic E-state index is 0.0199. The second kappa shape index (κ2) is 8.73. The summed E-state index contributed by atoms with van der Waals surface area (Å²) < 4.78 is 33.6. The third-order valence-electron chi connectivity index (χ3n) is 5.60. The number of fused-ring (bicyclic) bond motifs is 1. The Balaban J connectivity index is 1.52. The Bertz CT molecular complexity index is 1330. The van der Waals surface area contributed by atoms with Crippen molar-refractivity contribution in [3.8, 4) is 0 Å². The Hall–Kier alpha value is -2.62. The lowest BCUT2D eigenvalue weighted by atomic mass is 10.1. The standard InChI is InChI=1S/C22H24ClN3O5S/c1-14-11-15(2)21(17(23)12-14)24-20(27)7-10-26-18-6-5-16(13-19(18)31-22(26)28)32(29,30)25-8-3-4-9-25/h5-6,11-13H,3-4,7-10H2,1-2H3,(H,24,27). The molecule has 0 spiro atoms. The molecular weight excluding hydrogens is 454 g/mol. The van der Waals surface area contributed by atoms with Gasteiger partial charge in [-0.25, -0.2) is 13.2 Å². The number of nitrogens with one attached hydrogen (secondary N) is 1. The van der Waals surface area contributed by atoms with Crippen molar-refractivity contribution < 1.29 is 17.6 Å². The van der Waals surface area contributed by atoms with Gasteiger partial charge in [0.2, 0.25) is 15.9 Å². The average Bonchev–Trinajstić information content (AvgIpc) is 3.36. The highest BCUT2D eigenvalue weighted by Crippen LogP contribution is 2.28. The molecule has 0 atom stereocenters. The van der Waals surface area contributed by atoms with E-state index in [1.54, 1.807) is 12.1 Å². The number of hydrogen-bond donors (Lipinski definition) is 1. The van der Waals surface area contributed by atoms with Crippen LogP contribution >= 0.6 is 11.6 Å². The normalized spacial score (nSPS) is 14.8. The van der Waals surface area contributed by atoms with Crippen LogP contribution in [0.4, 0.5) is 5.69 Å². The highest BCUT2D eigenvalue weighted by Gasteiger charge is 2.28. The topological polar surface area (TPSA) is 102 Å². The molecule has 3 aromatic rings. The minimum atomic E-state index is -3.62. The number of oxazole rings is 1. The number of anilines is 1. The van der Waals surface area contributed by atoms with E-state index >= 15 is 0 Å². The molecule has 8 nitrogen and oxygen atoms in total. The fourth-order valence-electron chi connectivity index (χ4n) is 3.99. The molecule has 2 heterocycles. The van der Waals surface area contributed by atoms with Gasteiger partial charge >= 0.3 is 5.76 Å². The van der Waals surface area contributed by atoms with Crippen molar-refractivity contribution in [2.75, 3.05) is 18.4 Å². The number of sulfonamides is 1. The largest absolute Gasteiger partial charge is 0.419 e. The monoisotopic (exact) mass is 477 g/mol. The first kappa shape index (κ1) is 22.6. The van der Waals surface area contributed by atoms with Crippen LogP contribution in [-0.2, 0) is 21.4 Å². The van der Waals surface area contributed by atoms with Crippen molar-refractivity contribution in [1.29, 1.82) is 0 Å². The van der Waals surface area contributed by atoms with E-state index in [1.165, 1.54) is 21.0 Å². The van der Waals surface area contributed by atoms with Crippen LogP contribution in [0.1, 0.15) is 30.4 Å². The molecule has 0 unspecified atom stereocenters. The Morgan fingerprint density at radius 3 is 2.56 bits per heavy atom. The fraction of sp³-hybridized carbons (Fsp3) is 0.364.